The molecule has 172 valence electrons. The molecular weight excluding hydrogens is 422 g/mol. The summed E-state index contributed by atoms with van der Waals surface area (Å²) in [6.45, 7) is 3.32. The topological polar surface area (TPSA) is 109 Å². The molecule has 1 aromatic heterocycles. The van der Waals surface area contributed by atoms with E-state index < -0.39 is 24.0 Å². The lowest BCUT2D eigenvalue weighted by Crippen LogP contribution is -2.52. The molecule has 0 saturated carbocycles. The van der Waals surface area contributed by atoms with Crippen molar-refractivity contribution in [3.63, 3.8) is 0 Å². The Labute approximate surface area is 191 Å². The number of carbonyl (C=O) groups is 2. The zero-order chi connectivity index (χ0) is 23.5. The Balaban J connectivity index is 1.52. The summed E-state index contributed by atoms with van der Waals surface area (Å²) in [7, 11) is 0. The van der Waals surface area contributed by atoms with Crippen LogP contribution < -0.4 is 20.8 Å². The maximum absolute atomic E-state index is 12.7. The molecule has 4 rings (SSSR count). The molecule has 2 atom stereocenters. The van der Waals surface area contributed by atoms with E-state index in [2.05, 4.69) is 5.32 Å². The third-order valence-electron chi connectivity index (χ3n) is 6.15. The summed E-state index contributed by atoms with van der Waals surface area (Å²) in [5, 5.41) is 14.9. The van der Waals surface area contributed by atoms with Crippen LogP contribution in [-0.2, 0) is 28.9 Å². The number of hydrogen-bond donors (Lipinski definition) is 1. The van der Waals surface area contributed by atoms with E-state index in [1.165, 1.54) is 6.92 Å². The standard InChI is InChI=1S/C26H27NO6/c1-15-22(13-12-19-18-10-6-7-11-20(18)26(31)33-23(15)19)32-16(2)24(28)27-21(25(29)30)14-17-8-4-3-5-9-17/h3-5,8-9,12-13,16,21H,6-7,10-11,14H2,1-2H3,(H,27,28)(H,29,30)/p-1/t16-,21-/m0/s1. The van der Waals surface area contributed by atoms with Gasteiger partial charge in [-0.05, 0) is 69.2 Å². The van der Waals surface area contributed by atoms with E-state index in [4.69, 9.17) is 9.15 Å². The van der Waals surface area contributed by atoms with Gasteiger partial charge in [0.2, 0.25) is 0 Å². The molecule has 1 aliphatic rings. The van der Waals surface area contributed by atoms with Gasteiger partial charge in [-0.25, -0.2) is 4.79 Å². The van der Waals surface area contributed by atoms with E-state index in [1.54, 1.807) is 37.3 Å². The molecule has 1 amide bonds. The van der Waals surface area contributed by atoms with E-state index in [9.17, 15) is 19.5 Å². The first-order chi connectivity index (χ1) is 15.8. The number of ether oxygens (including phenoxy) is 1. The van der Waals surface area contributed by atoms with Crippen LogP contribution in [0, 0.1) is 6.92 Å². The highest BCUT2D eigenvalue weighted by Crippen LogP contribution is 2.32. The molecule has 1 N–H and O–H groups in total. The third-order valence-corrected chi connectivity index (χ3v) is 6.15. The van der Waals surface area contributed by atoms with Crippen LogP contribution >= 0.6 is 0 Å². The summed E-state index contributed by atoms with van der Waals surface area (Å²) >= 11 is 0. The van der Waals surface area contributed by atoms with Crippen molar-refractivity contribution in [2.24, 2.45) is 0 Å². The number of aryl methyl sites for hydroxylation is 2. The third kappa shape index (κ3) is 4.77. The van der Waals surface area contributed by atoms with Gasteiger partial charge in [-0.3, -0.25) is 4.79 Å². The number of hydrogen-bond acceptors (Lipinski definition) is 6. The summed E-state index contributed by atoms with van der Waals surface area (Å²) in [6, 6.07) is 11.4. The monoisotopic (exact) mass is 448 g/mol. The van der Waals surface area contributed by atoms with E-state index in [0.29, 0.717) is 16.9 Å². The van der Waals surface area contributed by atoms with Gasteiger partial charge < -0.3 is 24.4 Å². The smallest absolute Gasteiger partial charge is 0.339 e. The van der Waals surface area contributed by atoms with E-state index in [1.807, 2.05) is 12.1 Å². The fraction of sp³-hybridized carbons (Fsp3) is 0.346. The Morgan fingerprint density at radius 2 is 1.79 bits per heavy atom. The normalized spacial score (nSPS) is 14.8. The predicted molar refractivity (Wildman–Crippen MR) is 121 cm³/mol. The van der Waals surface area contributed by atoms with Crippen LogP contribution in [0.1, 0.15) is 42.0 Å². The minimum absolute atomic E-state index is 0.104. The van der Waals surface area contributed by atoms with Crippen LogP contribution in [0.2, 0.25) is 0 Å². The van der Waals surface area contributed by atoms with Gasteiger partial charge in [0, 0.05) is 16.5 Å². The number of rotatable bonds is 7. The molecule has 1 heterocycles. The first kappa shape index (κ1) is 22.6. The summed E-state index contributed by atoms with van der Waals surface area (Å²) in [4.78, 5) is 36.7. The molecule has 3 aromatic rings. The van der Waals surface area contributed by atoms with Crippen LogP contribution in [0.3, 0.4) is 0 Å². The highest BCUT2D eigenvalue weighted by molar-refractivity contribution is 5.87. The van der Waals surface area contributed by atoms with E-state index >= 15 is 0 Å². The predicted octanol–water partition coefficient (Wildman–Crippen LogP) is 2.22. The Hall–Kier alpha value is -3.61. The Morgan fingerprint density at radius 1 is 1.09 bits per heavy atom. The zero-order valence-corrected chi connectivity index (χ0v) is 18.7. The molecule has 7 nitrogen and oxygen atoms in total. The van der Waals surface area contributed by atoms with Crippen molar-refractivity contribution in [3.05, 3.63) is 75.1 Å². The number of aliphatic carboxylic acids is 1. The molecule has 33 heavy (non-hydrogen) atoms. The number of carboxylic acids is 1. The van der Waals surface area contributed by atoms with Gasteiger partial charge in [-0.15, -0.1) is 0 Å². The van der Waals surface area contributed by atoms with Crippen LogP contribution in [0.15, 0.2) is 51.7 Å². The Bertz CT molecular complexity index is 1250. The molecule has 0 spiro atoms. The zero-order valence-electron chi connectivity index (χ0n) is 18.7. The molecule has 7 heteroatoms. The van der Waals surface area contributed by atoms with Crippen molar-refractivity contribution in [1.29, 1.82) is 0 Å². The number of nitrogens with one attached hydrogen (secondary N) is 1. The minimum atomic E-state index is -1.37. The second kappa shape index (κ2) is 9.48. The van der Waals surface area contributed by atoms with Crippen molar-refractivity contribution in [2.45, 2.75) is 58.1 Å². The van der Waals surface area contributed by atoms with Crippen molar-refractivity contribution in [3.8, 4) is 5.75 Å². The van der Waals surface area contributed by atoms with E-state index in [-0.39, 0.29) is 12.0 Å². The van der Waals surface area contributed by atoms with Gasteiger partial charge in [0.15, 0.2) is 6.10 Å². The van der Waals surface area contributed by atoms with Gasteiger partial charge in [0.1, 0.15) is 11.3 Å². The van der Waals surface area contributed by atoms with Crippen LogP contribution in [0.5, 0.6) is 5.75 Å². The number of carbonyl (C=O) groups excluding carboxylic acids is 2. The first-order valence-corrected chi connectivity index (χ1v) is 11.1. The lowest BCUT2D eigenvalue weighted by atomic mass is 9.90. The SMILES string of the molecule is Cc1c(O[C@@H](C)C(=O)N[C@@H](Cc2ccccc2)C(=O)[O-])ccc2c3c(c(=O)oc12)CCCC3. The highest BCUT2D eigenvalue weighted by Gasteiger charge is 2.23. The lowest BCUT2D eigenvalue weighted by molar-refractivity contribution is -0.308. The quantitative estimate of drug-likeness (QED) is 0.555. The molecule has 0 aliphatic heterocycles. The van der Waals surface area contributed by atoms with Gasteiger partial charge in [0.05, 0.1) is 12.0 Å². The number of benzene rings is 2. The Morgan fingerprint density at radius 3 is 2.48 bits per heavy atom. The van der Waals surface area contributed by atoms with Crippen LogP contribution in [0.25, 0.3) is 11.0 Å². The molecule has 0 unspecified atom stereocenters. The molecular formula is C26H26NO6-. The van der Waals surface area contributed by atoms with E-state index in [0.717, 1.165) is 47.8 Å². The Kier molecular flexibility index (Phi) is 6.49. The summed E-state index contributed by atoms with van der Waals surface area (Å²) in [5.74, 6) is -1.54. The second-order valence-corrected chi connectivity index (χ2v) is 8.45. The fourth-order valence-corrected chi connectivity index (χ4v) is 4.33. The molecule has 0 radical (unpaired) electrons. The number of amides is 1. The molecule has 0 bridgehead atoms. The van der Waals surface area contributed by atoms with Crippen molar-refractivity contribution in [1.82, 2.24) is 5.32 Å². The van der Waals surface area contributed by atoms with Crippen molar-refractivity contribution in [2.75, 3.05) is 0 Å². The van der Waals surface area contributed by atoms with Gasteiger partial charge in [0.25, 0.3) is 5.91 Å². The maximum Gasteiger partial charge on any atom is 0.339 e. The largest absolute Gasteiger partial charge is 0.548 e. The van der Waals surface area contributed by atoms with Crippen molar-refractivity contribution < 1.29 is 23.8 Å². The summed E-state index contributed by atoms with van der Waals surface area (Å²) in [6.07, 6.45) is 2.71. The van der Waals surface area contributed by atoms with Crippen molar-refractivity contribution >= 4 is 22.8 Å². The van der Waals surface area contributed by atoms with Crippen LogP contribution in [0.4, 0.5) is 0 Å². The van der Waals surface area contributed by atoms with Gasteiger partial charge in [-0.2, -0.15) is 0 Å². The first-order valence-electron chi connectivity index (χ1n) is 11.1. The second-order valence-electron chi connectivity index (χ2n) is 8.45. The summed E-state index contributed by atoms with van der Waals surface area (Å²) in [5.41, 5.74) is 3.32. The molecule has 2 aromatic carbocycles. The highest BCUT2D eigenvalue weighted by atomic mass is 16.5. The molecule has 0 saturated heterocycles. The number of fused-ring (bicyclic) bond motifs is 3. The average molecular weight is 448 g/mol. The minimum Gasteiger partial charge on any atom is -0.548 e. The van der Waals surface area contributed by atoms with Crippen LogP contribution in [-0.4, -0.2) is 24.0 Å². The van der Waals surface area contributed by atoms with Gasteiger partial charge >= 0.3 is 5.63 Å². The van der Waals surface area contributed by atoms with Gasteiger partial charge in [-0.1, -0.05) is 30.3 Å². The molecule has 0 fully saturated rings. The maximum atomic E-state index is 12.7. The molecule has 1 aliphatic carbocycles. The average Bonchev–Trinajstić information content (AvgIpc) is 2.81. The summed E-state index contributed by atoms with van der Waals surface area (Å²) < 4.78 is 11.5. The lowest BCUT2D eigenvalue weighted by Gasteiger charge is -2.23. The number of carboxylic acid groups (broad SMARTS) is 1. The fourth-order valence-electron chi connectivity index (χ4n) is 4.33.